The molecule has 0 bridgehead atoms. The molecule has 78 valence electrons. The molecule has 4 heteroatoms. The predicted octanol–water partition coefficient (Wildman–Crippen LogP) is 3.13. The monoisotopic (exact) mass is 238 g/mol. The van der Waals surface area contributed by atoms with Crippen LogP contribution in [0, 0.1) is 11.3 Å². The molecule has 1 heterocycles. The SMILES string of the molecule is N#Cc1c(Cl)cccc1NC1CCSC1. The largest absolute Gasteiger partial charge is 0.380 e. The molecular weight excluding hydrogens is 228 g/mol. The van der Waals surface area contributed by atoms with Crippen LogP contribution in [-0.4, -0.2) is 17.5 Å². The third kappa shape index (κ3) is 2.39. The maximum Gasteiger partial charge on any atom is 0.103 e. The molecule has 0 aromatic heterocycles. The third-order valence-corrected chi connectivity index (χ3v) is 3.89. The van der Waals surface area contributed by atoms with E-state index in [-0.39, 0.29) is 0 Å². The number of nitrogens with one attached hydrogen (secondary N) is 1. The van der Waals surface area contributed by atoms with Crippen LogP contribution >= 0.6 is 23.4 Å². The fourth-order valence-corrected chi connectivity index (χ4v) is 3.00. The van der Waals surface area contributed by atoms with Crippen LogP contribution in [0.25, 0.3) is 0 Å². The molecule has 0 aliphatic carbocycles. The number of hydrogen-bond acceptors (Lipinski definition) is 3. The standard InChI is InChI=1S/C11H11ClN2S/c12-10-2-1-3-11(9(10)6-13)14-8-4-5-15-7-8/h1-3,8,14H,4-5,7H2. The van der Waals surface area contributed by atoms with Gasteiger partial charge in [0.25, 0.3) is 0 Å². The Bertz CT molecular complexity index is 394. The van der Waals surface area contributed by atoms with Gasteiger partial charge in [-0.25, -0.2) is 0 Å². The fourth-order valence-electron chi connectivity index (χ4n) is 1.63. The van der Waals surface area contributed by atoms with Crippen molar-refractivity contribution in [2.45, 2.75) is 12.5 Å². The molecule has 1 unspecified atom stereocenters. The van der Waals surface area contributed by atoms with Gasteiger partial charge in [0.1, 0.15) is 6.07 Å². The quantitative estimate of drug-likeness (QED) is 0.860. The summed E-state index contributed by atoms with van der Waals surface area (Å²) in [6, 6.07) is 8.13. The summed E-state index contributed by atoms with van der Waals surface area (Å²) in [5.74, 6) is 2.30. The van der Waals surface area contributed by atoms with Crippen molar-refractivity contribution in [1.29, 1.82) is 5.26 Å². The molecule has 1 aromatic rings. The van der Waals surface area contributed by atoms with Crippen molar-refractivity contribution >= 4 is 29.1 Å². The Morgan fingerprint density at radius 2 is 2.40 bits per heavy atom. The maximum atomic E-state index is 8.99. The van der Waals surface area contributed by atoms with Crippen LogP contribution in [0.3, 0.4) is 0 Å². The summed E-state index contributed by atoms with van der Waals surface area (Å²) in [6.07, 6.45) is 1.15. The van der Waals surface area contributed by atoms with Crippen LogP contribution in [-0.2, 0) is 0 Å². The molecule has 15 heavy (non-hydrogen) atoms. The van der Waals surface area contributed by atoms with E-state index in [1.54, 1.807) is 6.07 Å². The molecule has 1 fully saturated rings. The molecule has 2 nitrogen and oxygen atoms in total. The highest BCUT2D eigenvalue weighted by Gasteiger charge is 2.16. The van der Waals surface area contributed by atoms with Crippen molar-refractivity contribution < 1.29 is 0 Å². The molecule has 1 saturated heterocycles. The van der Waals surface area contributed by atoms with Gasteiger partial charge in [-0.05, 0) is 24.3 Å². The summed E-state index contributed by atoms with van der Waals surface area (Å²) in [7, 11) is 0. The number of benzene rings is 1. The van der Waals surface area contributed by atoms with E-state index < -0.39 is 0 Å². The molecule has 0 saturated carbocycles. The van der Waals surface area contributed by atoms with Crippen molar-refractivity contribution in [3.63, 3.8) is 0 Å². The van der Waals surface area contributed by atoms with Gasteiger partial charge in [-0.3, -0.25) is 0 Å². The number of nitrogens with zero attached hydrogens (tertiary/aromatic N) is 1. The van der Waals surface area contributed by atoms with Crippen LogP contribution < -0.4 is 5.32 Å². The number of hydrogen-bond donors (Lipinski definition) is 1. The van der Waals surface area contributed by atoms with Gasteiger partial charge in [-0.2, -0.15) is 17.0 Å². The summed E-state index contributed by atoms with van der Waals surface area (Å²) in [6.45, 7) is 0. The normalized spacial score (nSPS) is 19.9. The van der Waals surface area contributed by atoms with Crippen LogP contribution in [0.15, 0.2) is 18.2 Å². The van der Waals surface area contributed by atoms with Gasteiger partial charge >= 0.3 is 0 Å². The van der Waals surface area contributed by atoms with Crippen molar-refractivity contribution in [2.24, 2.45) is 0 Å². The average molecular weight is 239 g/mol. The summed E-state index contributed by atoms with van der Waals surface area (Å²) < 4.78 is 0. The van der Waals surface area contributed by atoms with Gasteiger partial charge in [0.05, 0.1) is 16.3 Å². The second kappa shape index (κ2) is 4.78. The van der Waals surface area contributed by atoms with E-state index in [4.69, 9.17) is 16.9 Å². The number of rotatable bonds is 2. The topological polar surface area (TPSA) is 35.8 Å². The van der Waals surface area contributed by atoms with Crippen molar-refractivity contribution in [3.8, 4) is 6.07 Å². The van der Waals surface area contributed by atoms with Crippen molar-refractivity contribution in [3.05, 3.63) is 28.8 Å². The van der Waals surface area contributed by atoms with Crippen LogP contribution in [0.4, 0.5) is 5.69 Å². The van der Waals surface area contributed by atoms with Gasteiger partial charge in [0.15, 0.2) is 0 Å². The minimum Gasteiger partial charge on any atom is -0.380 e. The number of halogens is 1. The highest BCUT2D eigenvalue weighted by Crippen LogP contribution is 2.27. The lowest BCUT2D eigenvalue weighted by atomic mass is 10.1. The predicted molar refractivity (Wildman–Crippen MR) is 65.5 cm³/mol. The number of nitriles is 1. The first-order valence-electron chi connectivity index (χ1n) is 4.84. The lowest BCUT2D eigenvalue weighted by Crippen LogP contribution is -2.18. The zero-order chi connectivity index (χ0) is 10.7. The second-order valence-electron chi connectivity index (χ2n) is 3.48. The zero-order valence-corrected chi connectivity index (χ0v) is 9.74. The van der Waals surface area contributed by atoms with Gasteiger partial charge in [-0.1, -0.05) is 17.7 Å². The molecule has 1 aliphatic heterocycles. The lowest BCUT2D eigenvalue weighted by molar-refractivity contribution is 0.812. The first-order valence-corrected chi connectivity index (χ1v) is 6.37. The fraction of sp³-hybridized carbons (Fsp3) is 0.364. The Hall–Kier alpha value is -0.850. The second-order valence-corrected chi connectivity index (χ2v) is 5.04. The summed E-state index contributed by atoms with van der Waals surface area (Å²) in [5.41, 5.74) is 1.41. The lowest BCUT2D eigenvalue weighted by Gasteiger charge is -2.14. The minimum atomic E-state index is 0.473. The van der Waals surface area contributed by atoms with Crippen molar-refractivity contribution in [1.82, 2.24) is 0 Å². The molecule has 1 aliphatic rings. The summed E-state index contributed by atoms with van der Waals surface area (Å²) >= 11 is 7.89. The number of anilines is 1. The maximum absolute atomic E-state index is 8.99. The summed E-state index contributed by atoms with van der Waals surface area (Å²) in [5, 5.41) is 12.9. The van der Waals surface area contributed by atoms with E-state index in [0.717, 1.165) is 17.9 Å². The molecule has 1 N–H and O–H groups in total. The molecule has 0 radical (unpaired) electrons. The third-order valence-electron chi connectivity index (χ3n) is 2.41. The Morgan fingerprint density at radius 1 is 1.53 bits per heavy atom. The molecule has 2 rings (SSSR count). The zero-order valence-electron chi connectivity index (χ0n) is 8.16. The molecule has 1 aromatic carbocycles. The Kier molecular flexibility index (Phi) is 3.40. The van der Waals surface area contributed by atoms with Crippen LogP contribution in [0.5, 0.6) is 0 Å². The van der Waals surface area contributed by atoms with E-state index >= 15 is 0 Å². The number of thioether (sulfide) groups is 1. The smallest absolute Gasteiger partial charge is 0.103 e. The minimum absolute atomic E-state index is 0.473. The average Bonchev–Trinajstić information content (AvgIpc) is 2.71. The Labute approximate surface area is 98.6 Å². The molecular formula is C11H11ClN2S. The Morgan fingerprint density at radius 3 is 3.07 bits per heavy atom. The van der Waals surface area contributed by atoms with Gasteiger partial charge in [0.2, 0.25) is 0 Å². The first-order chi connectivity index (χ1) is 7.31. The van der Waals surface area contributed by atoms with E-state index in [1.165, 1.54) is 5.75 Å². The van der Waals surface area contributed by atoms with Crippen LogP contribution in [0.2, 0.25) is 5.02 Å². The molecule has 0 spiro atoms. The Balaban J connectivity index is 2.20. The summed E-state index contributed by atoms with van der Waals surface area (Å²) in [4.78, 5) is 0. The van der Waals surface area contributed by atoms with Gasteiger partial charge in [-0.15, -0.1) is 0 Å². The van der Waals surface area contributed by atoms with Gasteiger partial charge < -0.3 is 5.32 Å². The first kappa shape index (κ1) is 10.7. The highest BCUT2D eigenvalue weighted by atomic mass is 35.5. The van der Waals surface area contributed by atoms with Crippen LogP contribution in [0.1, 0.15) is 12.0 Å². The van der Waals surface area contributed by atoms with E-state index in [1.807, 2.05) is 23.9 Å². The van der Waals surface area contributed by atoms with E-state index in [2.05, 4.69) is 11.4 Å². The highest BCUT2D eigenvalue weighted by molar-refractivity contribution is 7.99. The molecule has 1 atom stereocenters. The van der Waals surface area contributed by atoms with E-state index in [9.17, 15) is 0 Å². The van der Waals surface area contributed by atoms with Gasteiger partial charge in [0, 0.05) is 11.8 Å². The van der Waals surface area contributed by atoms with E-state index in [0.29, 0.717) is 16.6 Å². The molecule has 0 amide bonds. The van der Waals surface area contributed by atoms with Crippen molar-refractivity contribution in [2.75, 3.05) is 16.8 Å².